The van der Waals surface area contributed by atoms with E-state index in [0.29, 0.717) is 18.2 Å². The van der Waals surface area contributed by atoms with E-state index in [9.17, 15) is 0 Å². The summed E-state index contributed by atoms with van der Waals surface area (Å²) in [5.74, 6) is 0.780. The molecule has 1 rings (SSSR count). The van der Waals surface area contributed by atoms with Crippen LogP contribution in [0.25, 0.3) is 0 Å². The van der Waals surface area contributed by atoms with Crippen LogP contribution < -0.4 is 10.1 Å². The second-order valence-corrected chi connectivity index (χ2v) is 4.57. The van der Waals surface area contributed by atoms with Crippen molar-refractivity contribution in [3.05, 3.63) is 29.3 Å². The summed E-state index contributed by atoms with van der Waals surface area (Å²) in [7, 11) is 1.73. The van der Waals surface area contributed by atoms with Crippen molar-refractivity contribution in [2.24, 2.45) is 0 Å². The summed E-state index contributed by atoms with van der Waals surface area (Å²) >= 11 is 5.85. The third-order valence-electron chi connectivity index (χ3n) is 2.52. The second kappa shape index (κ2) is 11.1. The van der Waals surface area contributed by atoms with Gasteiger partial charge in [-0.15, -0.1) is 0 Å². The minimum Gasteiger partial charge on any atom is -0.491 e. The normalized spacial score (nSPS) is 10.6. The highest BCUT2D eigenvalue weighted by Crippen LogP contribution is 2.16. The van der Waals surface area contributed by atoms with Gasteiger partial charge in [-0.1, -0.05) is 17.7 Å². The quantitative estimate of drug-likeness (QED) is 0.625. The van der Waals surface area contributed by atoms with E-state index in [1.54, 1.807) is 13.2 Å². The van der Waals surface area contributed by atoms with Gasteiger partial charge in [-0.2, -0.15) is 0 Å². The third-order valence-corrected chi connectivity index (χ3v) is 2.75. The molecule has 108 valence electrons. The lowest BCUT2D eigenvalue weighted by Gasteiger charge is -2.07. The van der Waals surface area contributed by atoms with Crippen LogP contribution in [-0.2, 0) is 9.47 Å². The Balaban J connectivity index is 1.89. The Hall–Kier alpha value is -0.810. The predicted molar refractivity (Wildman–Crippen MR) is 75.9 cm³/mol. The van der Waals surface area contributed by atoms with Gasteiger partial charge in [0.1, 0.15) is 12.4 Å². The van der Waals surface area contributed by atoms with Crippen molar-refractivity contribution < 1.29 is 19.5 Å². The number of benzene rings is 1. The Morgan fingerprint density at radius 3 is 2.79 bits per heavy atom. The highest BCUT2D eigenvalue weighted by Gasteiger charge is 1.96. The van der Waals surface area contributed by atoms with Crippen LogP contribution in [0.5, 0.6) is 5.75 Å². The lowest BCUT2D eigenvalue weighted by atomic mass is 10.3. The van der Waals surface area contributed by atoms with E-state index in [1.165, 1.54) is 0 Å². The van der Waals surface area contributed by atoms with Gasteiger partial charge >= 0.3 is 0 Å². The van der Waals surface area contributed by atoms with Gasteiger partial charge in [0, 0.05) is 18.6 Å². The Morgan fingerprint density at radius 1 is 1.11 bits per heavy atom. The number of nitrogens with two attached hydrogens (primary N) is 1. The summed E-state index contributed by atoms with van der Waals surface area (Å²) < 4.78 is 16.0. The number of methoxy groups -OCH3 is 1. The number of hydrogen-bond donors (Lipinski definition) is 1. The van der Waals surface area contributed by atoms with Gasteiger partial charge in [0.2, 0.25) is 0 Å². The summed E-state index contributed by atoms with van der Waals surface area (Å²) in [5, 5.41) is 2.92. The summed E-state index contributed by atoms with van der Waals surface area (Å²) in [6.07, 6.45) is 1.08. The first-order chi connectivity index (χ1) is 9.33. The smallest absolute Gasteiger partial charge is 0.120 e. The van der Waals surface area contributed by atoms with Crippen molar-refractivity contribution in [1.82, 2.24) is 0 Å². The van der Waals surface area contributed by atoms with Crippen LogP contribution in [0.2, 0.25) is 5.02 Å². The van der Waals surface area contributed by atoms with Gasteiger partial charge in [0.25, 0.3) is 0 Å². The van der Waals surface area contributed by atoms with Crippen molar-refractivity contribution in [2.45, 2.75) is 6.42 Å². The monoisotopic (exact) mass is 288 g/mol. The Bertz CT molecular complexity index is 336. The van der Waals surface area contributed by atoms with E-state index < -0.39 is 0 Å². The van der Waals surface area contributed by atoms with Crippen molar-refractivity contribution in [1.29, 1.82) is 0 Å². The molecule has 1 aromatic rings. The average molecular weight is 289 g/mol. The van der Waals surface area contributed by atoms with Crippen molar-refractivity contribution in [3.8, 4) is 5.75 Å². The SMILES string of the molecule is COCCC[NH2+]CCOCCOc1cccc(Cl)c1. The molecule has 0 spiro atoms. The van der Waals surface area contributed by atoms with Crippen LogP contribution in [-0.4, -0.2) is 46.6 Å². The minimum absolute atomic E-state index is 0.546. The zero-order valence-electron chi connectivity index (χ0n) is 11.4. The fourth-order valence-corrected chi connectivity index (χ4v) is 1.74. The number of rotatable bonds is 11. The van der Waals surface area contributed by atoms with Crippen LogP contribution in [0, 0.1) is 0 Å². The molecule has 19 heavy (non-hydrogen) atoms. The van der Waals surface area contributed by atoms with E-state index >= 15 is 0 Å². The molecule has 0 heterocycles. The van der Waals surface area contributed by atoms with Gasteiger partial charge in [-0.25, -0.2) is 0 Å². The number of ether oxygens (including phenoxy) is 3. The highest BCUT2D eigenvalue weighted by molar-refractivity contribution is 6.30. The number of halogens is 1. The summed E-state index contributed by atoms with van der Waals surface area (Å²) in [5.41, 5.74) is 0. The minimum atomic E-state index is 0.546. The van der Waals surface area contributed by atoms with Crippen LogP contribution in [0.4, 0.5) is 0 Å². The first-order valence-electron chi connectivity index (χ1n) is 6.59. The second-order valence-electron chi connectivity index (χ2n) is 4.13. The van der Waals surface area contributed by atoms with Crippen LogP contribution in [0.15, 0.2) is 24.3 Å². The summed E-state index contributed by atoms with van der Waals surface area (Å²) in [6, 6.07) is 7.37. The molecular formula is C14H23ClNO3+. The van der Waals surface area contributed by atoms with Gasteiger partial charge in [0.05, 0.1) is 32.9 Å². The molecule has 0 saturated heterocycles. The Labute approximate surface area is 120 Å². The molecule has 0 aromatic heterocycles. The third kappa shape index (κ3) is 8.83. The first kappa shape index (κ1) is 16.2. The first-order valence-corrected chi connectivity index (χ1v) is 6.97. The van der Waals surface area contributed by atoms with Crippen molar-refractivity contribution in [2.75, 3.05) is 46.6 Å². The lowest BCUT2D eigenvalue weighted by molar-refractivity contribution is -0.656. The molecule has 0 amide bonds. The van der Waals surface area contributed by atoms with E-state index in [-0.39, 0.29) is 0 Å². The standard InChI is InChI=1S/C14H22ClNO3/c1-17-8-3-6-16-7-9-18-10-11-19-14-5-2-4-13(15)12-14/h2,4-5,12,16H,3,6-11H2,1H3/p+1. The molecule has 0 fully saturated rings. The molecule has 0 bridgehead atoms. The maximum absolute atomic E-state index is 5.85. The number of hydrogen-bond acceptors (Lipinski definition) is 3. The zero-order valence-corrected chi connectivity index (χ0v) is 12.2. The highest BCUT2D eigenvalue weighted by atomic mass is 35.5. The van der Waals surface area contributed by atoms with Gasteiger partial charge in [0.15, 0.2) is 0 Å². The maximum Gasteiger partial charge on any atom is 0.120 e. The van der Waals surface area contributed by atoms with Crippen molar-refractivity contribution in [3.63, 3.8) is 0 Å². The van der Waals surface area contributed by atoms with Crippen molar-refractivity contribution >= 4 is 11.6 Å². The number of quaternary nitrogens is 1. The fourth-order valence-electron chi connectivity index (χ4n) is 1.56. The molecule has 1 aromatic carbocycles. The molecule has 0 aliphatic carbocycles. The van der Waals surface area contributed by atoms with Gasteiger partial charge in [-0.05, 0) is 18.2 Å². The molecule has 0 aliphatic heterocycles. The lowest BCUT2D eigenvalue weighted by Crippen LogP contribution is -2.85. The molecule has 0 atom stereocenters. The topological polar surface area (TPSA) is 44.3 Å². The van der Waals surface area contributed by atoms with E-state index in [1.807, 2.05) is 18.2 Å². The van der Waals surface area contributed by atoms with E-state index in [4.69, 9.17) is 25.8 Å². The molecular weight excluding hydrogens is 266 g/mol. The summed E-state index contributed by atoms with van der Waals surface area (Å²) in [6.45, 7) is 4.76. The average Bonchev–Trinajstić information content (AvgIpc) is 2.41. The Kier molecular flexibility index (Phi) is 9.45. The maximum atomic E-state index is 5.85. The molecule has 0 saturated carbocycles. The largest absolute Gasteiger partial charge is 0.491 e. The fraction of sp³-hybridized carbons (Fsp3) is 0.571. The Morgan fingerprint density at radius 2 is 2.00 bits per heavy atom. The van der Waals surface area contributed by atoms with E-state index in [0.717, 1.165) is 38.5 Å². The van der Waals surface area contributed by atoms with Gasteiger partial charge in [-0.3, -0.25) is 0 Å². The predicted octanol–water partition coefficient (Wildman–Crippen LogP) is 1.34. The molecule has 2 N–H and O–H groups in total. The molecule has 0 unspecified atom stereocenters. The molecule has 5 heteroatoms. The van der Waals surface area contributed by atoms with Crippen LogP contribution in [0.1, 0.15) is 6.42 Å². The van der Waals surface area contributed by atoms with Crippen LogP contribution in [0.3, 0.4) is 0 Å². The molecule has 0 aliphatic rings. The molecule has 4 nitrogen and oxygen atoms in total. The molecule has 0 radical (unpaired) electrons. The van der Waals surface area contributed by atoms with E-state index in [2.05, 4.69) is 5.32 Å². The van der Waals surface area contributed by atoms with Crippen LogP contribution >= 0.6 is 11.6 Å². The summed E-state index contributed by atoms with van der Waals surface area (Å²) in [4.78, 5) is 0. The zero-order chi connectivity index (χ0) is 13.8. The van der Waals surface area contributed by atoms with Gasteiger partial charge < -0.3 is 19.5 Å².